The van der Waals surface area contributed by atoms with Crippen molar-refractivity contribution < 1.29 is 14.4 Å². The Kier molecular flexibility index (Phi) is 4.81. The molecule has 1 unspecified atom stereocenters. The smallest absolute Gasteiger partial charge is 0.256 e. The van der Waals surface area contributed by atoms with Gasteiger partial charge in [-0.15, -0.1) is 0 Å². The zero-order valence-electron chi connectivity index (χ0n) is 14.4. The third kappa shape index (κ3) is 3.28. The number of nitrogens with zero attached hydrogens (tertiary/aromatic N) is 2. The lowest BCUT2D eigenvalue weighted by atomic mass is 10.0. The average molecular weight is 421 g/mol. The quantitative estimate of drug-likeness (QED) is 0.700. The number of rotatable bonds is 3. The van der Waals surface area contributed by atoms with Crippen LogP contribution in [0.1, 0.15) is 34.3 Å². The molecular weight excluding hydrogens is 400 g/mol. The van der Waals surface area contributed by atoms with E-state index in [0.717, 1.165) is 48.3 Å². The van der Waals surface area contributed by atoms with Gasteiger partial charge in [-0.05, 0) is 39.5 Å². The van der Waals surface area contributed by atoms with Crippen LogP contribution in [-0.2, 0) is 22.7 Å². The van der Waals surface area contributed by atoms with E-state index in [4.69, 9.17) is 0 Å². The molecule has 3 aliphatic heterocycles. The third-order valence-electron chi connectivity index (χ3n) is 5.25. The SMILES string of the molecule is O=C1CCC(N2Cc3cc(CN4CCNCC4)cc(Br)c3C2=O)C(=O)N1. The van der Waals surface area contributed by atoms with Crippen LogP contribution in [0.4, 0.5) is 0 Å². The summed E-state index contributed by atoms with van der Waals surface area (Å²) in [7, 11) is 0. The summed E-state index contributed by atoms with van der Waals surface area (Å²) in [5, 5.41) is 5.68. The van der Waals surface area contributed by atoms with Crippen LogP contribution in [0.25, 0.3) is 0 Å². The van der Waals surface area contributed by atoms with Crippen LogP contribution in [0.2, 0.25) is 0 Å². The first-order valence-electron chi connectivity index (χ1n) is 8.92. The van der Waals surface area contributed by atoms with Crippen LogP contribution < -0.4 is 10.6 Å². The molecule has 3 heterocycles. The highest BCUT2D eigenvalue weighted by molar-refractivity contribution is 9.10. The van der Waals surface area contributed by atoms with Gasteiger partial charge in [-0.25, -0.2) is 0 Å². The minimum atomic E-state index is -0.573. The number of fused-ring (bicyclic) bond motifs is 1. The summed E-state index contributed by atoms with van der Waals surface area (Å²) >= 11 is 3.55. The molecule has 138 valence electrons. The number of piperidine rings is 1. The Morgan fingerprint density at radius 3 is 2.65 bits per heavy atom. The van der Waals surface area contributed by atoms with E-state index in [0.29, 0.717) is 18.5 Å². The third-order valence-corrected chi connectivity index (χ3v) is 5.87. The summed E-state index contributed by atoms with van der Waals surface area (Å²) in [6.07, 6.45) is 0.654. The molecule has 1 aromatic carbocycles. The molecule has 8 heteroatoms. The first kappa shape index (κ1) is 17.6. The van der Waals surface area contributed by atoms with Gasteiger partial charge in [-0.3, -0.25) is 24.6 Å². The molecule has 3 aliphatic rings. The molecule has 0 aromatic heterocycles. The van der Waals surface area contributed by atoms with E-state index in [2.05, 4.69) is 37.5 Å². The number of hydrogen-bond acceptors (Lipinski definition) is 5. The van der Waals surface area contributed by atoms with E-state index in [1.54, 1.807) is 4.90 Å². The van der Waals surface area contributed by atoms with Crippen molar-refractivity contribution in [3.05, 3.63) is 33.3 Å². The van der Waals surface area contributed by atoms with Gasteiger partial charge in [0.2, 0.25) is 11.8 Å². The van der Waals surface area contributed by atoms with Crippen LogP contribution in [0.3, 0.4) is 0 Å². The van der Waals surface area contributed by atoms with Gasteiger partial charge in [-0.1, -0.05) is 6.07 Å². The first-order valence-corrected chi connectivity index (χ1v) is 9.71. The van der Waals surface area contributed by atoms with E-state index < -0.39 is 6.04 Å². The minimum absolute atomic E-state index is 0.143. The monoisotopic (exact) mass is 420 g/mol. The molecule has 1 aromatic rings. The molecule has 2 N–H and O–H groups in total. The Hall–Kier alpha value is -1.77. The van der Waals surface area contributed by atoms with Gasteiger partial charge in [-0.2, -0.15) is 0 Å². The molecule has 0 bridgehead atoms. The Morgan fingerprint density at radius 2 is 1.92 bits per heavy atom. The van der Waals surface area contributed by atoms with Crippen molar-refractivity contribution in [3.8, 4) is 0 Å². The highest BCUT2D eigenvalue weighted by atomic mass is 79.9. The Labute approximate surface area is 160 Å². The number of benzene rings is 1. The second-order valence-corrected chi connectivity index (χ2v) is 7.89. The summed E-state index contributed by atoms with van der Waals surface area (Å²) in [6.45, 7) is 5.27. The molecule has 4 rings (SSSR count). The number of halogens is 1. The number of piperazine rings is 1. The number of imide groups is 1. The van der Waals surface area contributed by atoms with Gasteiger partial charge < -0.3 is 10.2 Å². The summed E-state index contributed by atoms with van der Waals surface area (Å²) in [6, 6.07) is 3.51. The lowest BCUT2D eigenvalue weighted by molar-refractivity contribution is -0.136. The second kappa shape index (κ2) is 7.09. The number of carbonyl (C=O) groups is 3. The van der Waals surface area contributed by atoms with E-state index in [9.17, 15) is 14.4 Å². The van der Waals surface area contributed by atoms with E-state index >= 15 is 0 Å². The number of hydrogen-bond donors (Lipinski definition) is 2. The van der Waals surface area contributed by atoms with Gasteiger partial charge in [0.1, 0.15) is 6.04 Å². The predicted molar refractivity (Wildman–Crippen MR) is 98.3 cm³/mol. The van der Waals surface area contributed by atoms with Crippen LogP contribution in [0, 0.1) is 0 Å². The molecule has 0 aliphatic carbocycles. The van der Waals surface area contributed by atoms with Crippen molar-refractivity contribution in [2.24, 2.45) is 0 Å². The molecule has 3 amide bonds. The molecule has 26 heavy (non-hydrogen) atoms. The second-order valence-electron chi connectivity index (χ2n) is 7.04. The van der Waals surface area contributed by atoms with Crippen molar-refractivity contribution in [3.63, 3.8) is 0 Å². The van der Waals surface area contributed by atoms with E-state index in [1.807, 2.05) is 6.07 Å². The zero-order valence-corrected chi connectivity index (χ0v) is 16.0. The van der Waals surface area contributed by atoms with Crippen LogP contribution in [-0.4, -0.2) is 59.7 Å². The lowest BCUT2D eigenvalue weighted by Gasteiger charge is -2.29. The fourth-order valence-corrected chi connectivity index (χ4v) is 4.66. The maximum atomic E-state index is 12.9. The molecule has 1 atom stereocenters. The van der Waals surface area contributed by atoms with E-state index in [-0.39, 0.29) is 24.1 Å². The highest BCUT2D eigenvalue weighted by Gasteiger charge is 2.40. The zero-order chi connectivity index (χ0) is 18.3. The molecule has 0 spiro atoms. The van der Waals surface area contributed by atoms with Crippen molar-refractivity contribution in [2.45, 2.75) is 32.0 Å². The van der Waals surface area contributed by atoms with Gasteiger partial charge in [0.15, 0.2) is 0 Å². The molecule has 7 nitrogen and oxygen atoms in total. The molecule has 2 saturated heterocycles. The molecular formula is C18H21BrN4O3. The average Bonchev–Trinajstić information content (AvgIpc) is 2.93. The predicted octanol–water partition coefficient (Wildman–Crippen LogP) is 0.615. The van der Waals surface area contributed by atoms with Crippen LogP contribution in [0.15, 0.2) is 16.6 Å². The van der Waals surface area contributed by atoms with E-state index in [1.165, 1.54) is 0 Å². The molecule has 2 fully saturated rings. The first-order chi connectivity index (χ1) is 12.5. The van der Waals surface area contributed by atoms with Crippen LogP contribution >= 0.6 is 15.9 Å². The number of nitrogens with one attached hydrogen (secondary N) is 2. The Balaban J connectivity index is 1.54. The summed E-state index contributed by atoms with van der Waals surface area (Å²) in [4.78, 5) is 40.4. The number of amides is 3. The molecule has 0 saturated carbocycles. The number of carbonyl (C=O) groups excluding carboxylic acids is 3. The van der Waals surface area contributed by atoms with Gasteiger partial charge in [0, 0.05) is 50.2 Å². The maximum Gasteiger partial charge on any atom is 0.256 e. The standard InChI is InChI=1S/C18H21BrN4O3/c19-13-8-11(9-22-5-3-20-4-6-22)7-12-10-23(18(26)16(12)13)14-1-2-15(24)21-17(14)25/h7-8,14,20H,1-6,9-10H2,(H,21,24,25). The summed E-state index contributed by atoms with van der Waals surface area (Å²) in [5.41, 5.74) is 2.74. The Bertz CT molecular complexity index is 776. The van der Waals surface area contributed by atoms with Crippen molar-refractivity contribution in [1.29, 1.82) is 0 Å². The van der Waals surface area contributed by atoms with Crippen molar-refractivity contribution >= 4 is 33.7 Å². The lowest BCUT2D eigenvalue weighted by Crippen LogP contribution is -2.52. The van der Waals surface area contributed by atoms with Crippen LogP contribution in [0.5, 0.6) is 0 Å². The minimum Gasteiger partial charge on any atom is -0.322 e. The Morgan fingerprint density at radius 1 is 1.15 bits per heavy atom. The van der Waals surface area contributed by atoms with Crippen molar-refractivity contribution in [2.75, 3.05) is 26.2 Å². The largest absolute Gasteiger partial charge is 0.322 e. The highest BCUT2D eigenvalue weighted by Crippen LogP contribution is 2.33. The fourth-order valence-electron chi connectivity index (χ4n) is 3.94. The van der Waals surface area contributed by atoms with Gasteiger partial charge in [0.05, 0.1) is 5.56 Å². The van der Waals surface area contributed by atoms with Gasteiger partial charge in [0.25, 0.3) is 5.91 Å². The fraction of sp³-hybridized carbons (Fsp3) is 0.500. The van der Waals surface area contributed by atoms with Gasteiger partial charge >= 0.3 is 0 Å². The van der Waals surface area contributed by atoms with Crippen molar-refractivity contribution in [1.82, 2.24) is 20.4 Å². The summed E-state index contributed by atoms with van der Waals surface area (Å²) < 4.78 is 0.778. The molecule has 0 radical (unpaired) electrons. The topological polar surface area (TPSA) is 81.8 Å². The normalized spacial score (nSPS) is 24.0. The maximum absolute atomic E-state index is 12.9. The summed E-state index contributed by atoms with van der Waals surface area (Å²) in [5.74, 6) is -0.787.